The molecule has 0 saturated carbocycles. The van der Waals surface area contributed by atoms with Gasteiger partial charge in [-0.15, -0.1) is 0 Å². The third kappa shape index (κ3) is 1.01. The van der Waals surface area contributed by atoms with E-state index in [9.17, 15) is 0 Å². The first-order valence-electron chi connectivity index (χ1n) is 4.26. The average molecular weight is 185 g/mol. The lowest BCUT2D eigenvalue weighted by molar-refractivity contribution is 0.580. The van der Waals surface area contributed by atoms with E-state index in [0.717, 1.165) is 22.5 Å². The summed E-state index contributed by atoms with van der Waals surface area (Å²) in [6.45, 7) is 0. The normalized spacial score (nSPS) is 10.9. The molecule has 0 aliphatic rings. The van der Waals surface area contributed by atoms with E-state index in [1.807, 2.05) is 18.2 Å². The van der Waals surface area contributed by atoms with Crippen LogP contribution in [0, 0.1) is 0 Å². The molecule has 0 atom stereocenters. The van der Waals surface area contributed by atoms with Gasteiger partial charge in [0.1, 0.15) is 12.1 Å². The van der Waals surface area contributed by atoms with Crippen LogP contribution in [-0.4, -0.2) is 15.0 Å². The number of aromatic nitrogens is 3. The Kier molecular flexibility index (Phi) is 1.41. The maximum atomic E-state index is 5.27. The number of rotatable bonds is 1. The summed E-state index contributed by atoms with van der Waals surface area (Å²) in [6, 6.07) is 5.69. The van der Waals surface area contributed by atoms with Crippen LogP contribution in [0.3, 0.4) is 0 Å². The van der Waals surface area contributed by atoms with E-state index in [0.29, 0.717) is 0 Å². The van der Waals surface area contributed by atoms with Gasteiger partial charge in [0, 0.05) is 0 Å². The van der Waals surface area contributed by atoms with Crippen molar-refractivity contribution in [2.45, 2.75) is 0 Å². The van der Waals surface area contributed by atoms with Crippen LogP contribution in [0.2, 0.25) is 0 Å². The number of furan rings is 1. The van der Waals surface area contributed by atoms with E-state index >= 15 is 0 Å². The van der Waals surface area contributed by atoms with Crippen LogP contribution in [0.15, 0.2) is 41.4 Å². The van der Waals surface area contributed by atoms with E-state index in [2.05, 4.69) is 15.0 Å². The van der Waals surface area contributed by atoms with Crippen molar-refractivity contribution < 1.29 is 4.42 Å². The Hall–Kier alpha value is -2.10. The first-order chi connectivity index (χ1) is 6.93. The molecule has 0 aromatic carbocycles. The Morgan fingerprint density at radius 2 is 2.36 bits per heavy atom. The van der Waals surface area contributed by atoms with Crippen molar-refractivity contribution in [2.75, 3.05) is 0 Å². The van der Waals surface area contributed by atoms with Gasteiger partial charge in [0.05, 0.1) is 29.2 Å². The lowest BCUT2D eigenvalue weighted by Gasteiger charge is -1.87. The number of aromatic amines is 1. The first-order valence-corrected chi connectivity index (χ1v) is 4.26. The molecule has 0 radical (unpaired) electrons. The zero-order valence-electron chi connectivity index (χ0n) is 7.27. The van der Waals surface area contributed by atoms with Gasteiger partial charge in [-0.3, -0.25) is 0 Å². The topological polar surface area (TPSA) is 54.7 Å². The summed E-state index contributed by atoms with van der Waals surface area (Å²) in [5, 5.41) is 0. The molecule has 3 aromatic heterocycles. The van der Waals surface area contributed by atoms with Crippen LogP contribution in [-0.2, 0) is 0 Å². The maximum Gasteiger partial charge on any atom is 0.150 e. The fourth-order valence-electron chi connectivity index (χ4n) is 1.43. The minimum atomic E-state index is 0.808. The molecule has 0 spiro atoms. The van der Waals surface area contributed by atoms with Gasteiger partial charge in [-0.1, -0.05) is 0 Å². The fourth-order valence-corrected chi connectivity index (χ4v) is 1.43. The first kappa shape index (κ1) is 7.32. The van der Waals surface area contributed by atoms with Gasteiger partial charge in [-0.25, -0.2) is 9.97 Å². The molecule has 0 bridgehead atoms. The second-order valence-electron chi connectivity index (χ2n) is 2.98. The van der Waals surface area contributed by atoms with E-state index in [1.165, 1.54) is 6.33 Å². The molecule has 68 valence electrons. The second kappa shape index (κ2) is 2.70. The summed E-state index contributed by atoms with van der Waals surface area (Å²) < 4.78 is 5.27. The highest BCUT2D eigenvalue weighted by atomic mass is 16.3. The van der Waals surface area contributed by atoms with E-state index in [-0.39, 0.29) is 0 Å². The zero-order chi connectivity index (χ0) is 9.38. The minimum Gasteiger partial charge on any atom is -0.463 e. The molecule has 4 heteroatoms. The van der Waals surface area contributed by atoms with Crippen molar-refractivity contribution in [3.05, 3.63) is 37.0 Å². The van der Waals surface area contributed by atoms with Crippen LogP contribution in [0.1, 0.15) is 0 Å². The third-order valence-electron chi connectivity index (χ3n) is 2.08. The van der Waals surface area contributed by atoms with Gasteiger partial charge in [-0.05, 0) is 18.2 Å². The molecule has 3 rings (SSSR count). The maximum absolute atomic E-state index is 5.27. The molecule has 3 aromatic rings. The summed E-state index contributed by atoms with van der Waals surface area (Å²) in [5.41, 5.74) is 2.73. The average Bonchev–Trinajstić information content (AvgIpc) is 2.86. The SMILES string of the molecule is c1coc(-c2cc3ncncc3[nH]2)c1. The molecule has 0 aliphatic carbocycles. The number of H-pyrrole nitrogens is 1. The summed E-state index contributed by atoms with van der Waals surface area (Å²) >= 11 is 0. The van der Waals surface area contributed by atoms with Crippen LogP contribution in [0.25, 0.3) is 22.5 Å². The van der Waals surface area contributed by atoms with Gasteiger partial charge >= 0.3 is 0 Å². The largest absolute Gasteiger partial charge is 0.463 e. The summed E-state index contributed by atoms with van der Waals surface area (Å²) in [5.74, 6) is 0.808. The number of hydrogen-bond donors (Lipinski definition) is 1. The van der Waals surface area contributed by atoms with E-state index < -0.39 is 0 Å². The van der Waals surface area contributed by atoms with Gasteiger partial charge < -0.3 is 9.40 Å². The molecule has 0 saturated heterocycles. The number of fused-ring (bicyclic) bond motifs is 1. The van der Waals surface area contributed by atoms with Crippen LogP contribution in [0.4, 0.5) is 0 Å². The van der Waals surface area contributed by atoms with Crippen molar-refractivity contribution in [1.82, 2.24) is 15.0 Å². The Bertz CT molecular complexity index is 521. The van der Waals surface area contributed by atoms with Crippen molar-refractivity contribution in [2.24, 2.45) is 0 Å². The Labute approximate surface area is 79.6 Å². The molecular weight excluding hydrogens is 178 g/mol. The Morgan fingerprint density at radius 3 is 3.14 bits per heavy atom. The van der Waals surface area contributed by atoms with Gasteiger partial charge in [0.2, 0.25) is 0 Å². The zero-order valence-corrected chi connectivity index (χ0v) is 7.27. The van der Waals surface area contributed by atoms with Crippen LogP contribution in [0.5, 0.6) is 0 Å². The van der Waals surface area contributed by atoms with Crippen molar-refractivity contribution in [3.8, 4) is 11.5 Å². The number of nitrogens with one attached hydrogen (secondary N) is 1. The van der Waals surface area contributed by atoms with Gasteiger partial charge in [0.25, 0.3) is 0 Å². The molecule has 0 fully saturated rings. The molecular formula is C10H7N3O. The molecule has 3 heterocycles. The minimum absolute atomic E-state index is 0.808. The standard InChI is InChI=1S/C10H7N3O/c1-2-10(14-3-1)8-4-7-9(13-8)5-11-6-12-7/h1-6,13H. The second-order valence-corrected chi connectivity index (χ2v) is 2.98. The van der Waals surface area contributed by atoms with Gasteiger partial charge in [-0.2, -0.15) is 0 Å². The Balaban J connectivity index is 2.24. The molecule has 14 heavy (non-hydrogen) atoms. The van der Waals surface area contributed by atoms with Crippen LogP contribution < -0.4 is 0 Å². The highest BCUT2D eigenvalue weighted by Crippen LogP contribution is 2.22. The molecule has 1 N–H and O–H groups in total. The molecule has 0 unspecified atom stereocenters. The summed E-state index contributed by atoms with van der Waals surface area (Å²) in [6.07, 6.45) is 4.92. The summed E-state index contributed by atoms with van der Waals surface area (Å²) in [7, 11) is 0. The van der Waals surface area contributed by atoms with Gasteiger partial charge in [0.15, 0.2) is 0 Å². The highest BCUT2D eigenvalue weighted by molar-refractivity contribution is 5.80. The third-order valence-corrected chi connectivity index (χ3v) is 2.08. The summed E-state index contributed by atoms with van der Waals surface area (Å²) in [4.78, 5) is 11.2. The molecule has 4 nitrogen and oxygen atoms in total. The highest BCUT2D eigenvalue weighted by Gasteiger charge is 2.05. The number of hydrogen-bond acceptors (Lipinski definition) is 3. The monoisotopic (exact) mass is 185 g/mol. The Morgan fingerprint density at radius 1 is 1.36 bits per heavy atom. The predicted molar refractivity (Wildman–Crippen MR) is 51.6 cm³/mol. The lowest BCUT2D eigenvalue weighted by atomic mass is 10.3. The van der Waals surface area contributed by atoms with E-state index in [4.69, 9.17) is 4.42 Å². The quantitative estimate of drug-likeness (QED) is 0.632. The molecule has 0 amide bonds. The van der Waals surface area contributed by atoms with Crippen molar-refractivity contribution in [3.63, 3.8) is 0 Å². The molecule has 0 aliphatic heterocycles. The lowest BCUT2D eigenvalue weighted by Crippen LogP contribution is -1.75. The van der Waals surface area contributed by atoms with Crippen molar-refractivity contribution in [1.29, 1.82) is 0 Å². The smallest absolute Gasteiger partial charge is 0.150 e. The van der Waals surface area contributed by atoms with Crippen LogP contribution >= 0.6 is 0 Å². The van der Waals surface area contributed by atoms with E-state index in [1.54, 1.807) is 12.5 Å². The van der Waals surface area contributed by atoms with Crippen molar-refractivity contribution >= 4 is 11.0 Å². The predicted octanol–water partition coefficient (Wildman–Crippen LogP) is 2.22. The number of nitrogens with zero attached hydrogens (tertiary/aromatic N) is 2. The fraction of sp³-hybridized carbons (Fsp3) is 0.